The molecule has 16 heavy (non-hydrogen) atoms. The third-order valence-corrected chi connectivity index (χ3v) is 2.58. The van der Waals surface area contributed by atoms with Gasteiger partial charge in [-0.15, -0.1) is 0 Å². The summed E-state index contributed by atoms with van der Waals surface area (Å²) in [6, 6.07) is -0.655. The Morgan fingerprint density at radius 1 is 1.56 bits per heavy atom. The van der Waals surface area contributed by atoms with Crippen molar-refractivity contribution in [1.29, 1.82) is 0 Å². The topological polar surface area (TPSA) is 90.7 Å². The van der Waals surface area contributed by atoms with E-state index >= 15 is 0 Å². The molecule has 0 aromatic carbocycles. The summed E-state index contributed by atoms with van der Waals surface area (Å²) in [5, 5.41) is 2.54. The maximum absolute atomic E-state index is 11.7. The smallest absolute Gasteiger partial charge is 0.328 e. The third-order valence-electron chi connectivity index (χ3n) is 2.58. The van der Waals surface area contributed by atoms with Gasteiger partial charge in [0.05, 0.1) is 13.2 Å². The predicted octanol–water partition coefficient (Wildman–Crippen LogP) is -0.830. The van der Waals surface area contributed by atoms with Crippen molar-refractivity contribution in [3.63, 3.8) is 0 Å². The lowest BCUT2D eigenvalue weighted by Gasteiger charge is -2.15. The molecule has 1 saturated heterocycles. The van der Waals surface area contributed by atoms with Crippen LogP contribution in [0.1, 0.15) is 19.8 Å². The van der Waals surface area contributed by atoms with E-state index in [9.17, 15) is 9.59 Å². The number of hydrogen-bond donors (Lipinski definition) is 2. The lowest BCUT2D eigenvalue weighted by Crippen LogP contribution is -2.44. The van der Waals surface area contributed by atoms with E-state index < -0.39 is 18.1 Å². The molecule has 6 heteroatoms. The van der Waals surface area contributed by atoms with Crippen LogP contribution in [0.4, 0.5) is 0 Å². The highest BCUT2D eigenvalue weighted by atomic mass is 16.5. The summed E-state index contributed by atoms with van der Waals surface area (Å²) < 4.78 is 9.90. The number of esters is 1. The van der Waals surface area contributed by atoms with E-state index in [4.69, 9.17) is 10.5 Å². The maximum Gasteiger partial charge on any atom is 0.328 e. The lowest BCUT2D eigenvalue weighted by molar-refractivity contribution is -0.146. The van der Waals surface area contributed by atoms with Gasteiger partial charge in [-0.05, 0) is 19.8 Å². The van der Waals surface area contributed by atoms with Crippen LogP contribution in [-0.4, -0.2) is 43.8 Å². The Morgan fingerprint density at radius 2 is 2.25 bits per heavy atom. The van der Waals surface area contributed by atoms with Crippen molar-refractivity contribution in [3.05, 3.63) is 0 Å². The number of rotatable bonds is 4. The Balaban J connectivity index is 2.38. The zero-order valence-corrected chi connectivity index (χ0v) is 9.56. The molecule has 1 heterocycles. The Kier molecular flexibility index (Phi) is 4.70. The van der Waals surface area contributed by atoms with Gasteiger partial charge < -0.3 is 20.5 Å². The normalized spacial score (nSPS) is 26.2. The number of ether oxygens (including phenoxy) is 2. The molecule has 0 aromatic rings. The zero-order valence-electron chi connectivity index (χ0n) is 9.56. The first-order valence-electron chi connectivity index (χ1n) is 5.32. The molecule has 1 unspecified atom stereocenters. The molecule has 92 valence electrons. The van der Waals surface area contributed by atoms with Crippen LogP contribution in [0.3, 0.4) is 0 Å². The number of methoxy groups -OCH3 is 1. The van der Waals surface area contributed by atoms with Crippen LogP contribution >= 0.6 is 0 Å². The van der Waals surface area contributed by atoms with Crippen molar-refractivity contribution in [2.75, 3.05) is 13.7 Å². The minimum absolute atomic E-state index is 0.0517. The summed E-state index contributed by atoms with van der Waals surface area (Å²) in [4.78, 5) is 22.7. The van der Waals surface area contributed by atoms with Crippen LogP contribution in [0.2, 0.25) is 0 Å². The molecule has 0 radical (unpaired) electrons. The second-order valence-corrected chi connectivity index (χ2v) is 3.81. The van der Waals surface area contributed by atoms with Crippen LogP contribution in [0.5, 0.6) is 0 Å². The zero-order chi connectivity index (χ0) is 12.1. The van der Waals surface area contributed by atoms with E-state index in [1.54, 1.807) is 6.92 Å². The summed E-state index contributed by atoms with van der Waals surface area (Å²) in [6.45, 7) is 1.98. The third kappa shape index (κ3) is 3.18. The molecule has 0 saturated carbocycles. The molecular formula is C10H18N2O4. The number of carbonyl (C=O) groups is 2. The van der Waals surface area contributed by atoms with Gasteiger partial charge in [-0.2, -0.15) is 0 Å². The fourth-order valence-electron chi connectivity index (χ4n) is 1.61. The minimum atomic E-state index is -0.655. The Bertz CT molecular complexity index is 270. The molecule has 1 aliphatic heterocycles. The van der Waals surface area contributed by atoms with Crippen molar-refractivity contribution < 1.29 is 19.1 Å². The highest BCUT2D eigenvalue weighted by Gasteiger charge is 2.31. The van der Waals surface area contributed by atoms with Crippen LogP contribution < -0.4 is 11.1 Å². The molecule has 1 amide bonds. The van der Waals surface area contributed by atoms with Gasteiger partial charge >= 0.3 is 5.97 Å². The van der Waals surface area contributed by atoms with Gasteiger partial charge in [0.2, 0.25) is 5.91 Å². The largest absolute Gasteiger partial charge is 0.467 e. The SMILES string of the molecule is COC(=O)C(C)NC(=O)[C@@H]1CC[C@H](CN)O1. The lowest BCUT2D eigenvalue weighted by atomic mass is 10.2. The van der Waals surface area contributed by atoms with Gasteiger partial charge in [0, 0.05) is 6.54 Å². The van der Waals surface area contributed by atoms with Gasteiger partial charge in [0.25, 0.3) is 0 Å². The first-order chi connectivity index (χ1) is 7.58. The fraction of sp³-hybridized carbons (Fsp3) is 0.800. The van der Waals surface area contributed by atoms with E-state index in [2.05, 4.69) is 10.1 Å². The highest BCUT2D eigenvalue weighted by Crippen LogP contribution is 2.18. The van der Waals surface area contributed by atoms with Crippen molar-refractivity contribution in [3.8, 4) is 0 Å². The van der Waals surface area contributed by atoms with Crippen molar-refractivity contribution >= 4 is 11.9 Å². The van der Waals surface area contributed by atoms with Crippen LogP contribution in [-0.2, 0) is 19.1 Å². The van der Waals surface area contributed by atoms with Crippen molar-refractivity contribution in [2.45, 2.75) is 38.0 Å². The molecular weight excluding hydrogens is 212 g/mol. The van der Waals surface area contributed by atoms with Crippen LogP contribution in [0, 0.1) is 0 Å². The summed E-state index contributed by atoms with van der Waals surface area (Å²) in [7, 11) is 1.28. The van der Waals surface area contributed by atoms with Gasteiger partial charge in [0.15, 0.2) is 0 Å². The van der Waals surface area contributed by atoms with Gasteiger partial charge in [-0.3, -0.25) is 4.79 Å². The molecule has 3 N–H and O–H groups in total. The molecule has 1 fully saturated rings. The first kappa shape index (κ1) is 12.9. The monoisotopic (exact) mass is 230 g/mol. The number of carbonyl (C=O) groups excluding carboxylic acids is 2. The minimum Gasteiger partial charge on any atom is -0.467 e. The summed E-state index contributed by atoms with van der Waals surface area (Å²) in [6.07, 6.45) is 0.868. The second kappa shape index (κ2) is 5.81. The molecule has 1 aliphatic rings. The molecule has 0 aromatic heterocycles. The number of nitrogens with one attached hydrogen (secondary N) is 1. The van der Waals surface area contributed by atoms with E-state index in [0.29, 0.717) is 13.0 Å². The van der Waals surface area contributed by atoms with Crippen LogP contribution in [0.25, 0.3) is 0 Å². The molecule has 6 nitrogen and oxygen atoms in total. The highest BCUT2D eigenvalue weighted by molar-refractivity contribution is 5.86. The molecule has 1 rings (SSSR count). The molecule has 0 spiro atoms. The van der Waals surface area contributed by atoms with Crippen LogP contribution in [0.15, 0.2) is 0 Å². The van der Waals surface area contributed by atoms with Gasteiger partial charge in [-0.1, -0.05) is 0 Å². The number of amides is 1. The predicted molar refractivity (Wildman–Crippen MR) is 56.6 cm³/mol. The second-order valence-electron chi connectivity index (χ2n) is 3.81. The van der Waals surface area contributed by atoms with Crippen molar-refractivity contribution in [1.82, 2.24) is 5.32 Å². The summed E-state index contributed by atoms with van der Waals surface area (Å²) in [5.74, 6) is -0.754. The summed E-state index contributed by atoms with van der Waals surface area (Å²) in [5.41, 5.74) is 5.44. The Labute approximate surface area is 94.5 Å². The Hall–Kier alpha value is -1.14. The average Bonchev–Trinajstić information content (AvgIpc) is 2.76. The number of nitrogens with two attached hydrogens (primary N) is 1. The van der Waals surface area contributed by atoms with Gasteiger partial charge in [-0.25, -0.2) is 4.79 Å². The average molecular weight is 230 g/mol. The Morgan fingerprint density at radius 3 is 2.75 bits per heavy atom. The molecule has 0 bridgehead atoms. The van der Waals surface area contributed by atoms with Gasteiger partial charge in [0.1, 0.15) is 12.1 Å². The quantitative estimate of drug-likeness (QED) is 0.615. The summed E-state index contributed by atoms with van der Waals surface area (Å²) >= 11 is 0. The van der Waals surface area contributed by atoms with E-state index in [-0.39, 0.29) is 12.0 Å². The first-order valence-corrected chi connectivity index (χ1v) is 5.32. The molecule has 0 aliphatic carbocycles. The van der Waals surface area contributed by atoms with Crippen molar-refractivity contribution in [2.24, 2.45) is 5.73 Å². The standard InChI is InChI=1S/C10H18N2O4/c1-6(10(14)15-2)12-9(13)8-4-3-7(5-11)16-8/h6-8H,3-5,11H2,1-2H3,(H,12,13)/t6?,7-,8+/m1/s1. The van der Waals surface area contributed by atoms with E-state index in [1.165, 1.54) is 7.11 Å². The van der Waals surface area contributed by atoms with E-state index in [1.807, 2.05) is 0 Å². The number of hydrogen-bond acceptors (Lipinski definition) is 5. The molecule has 3 atom stereocenters. The van der Waals surface area contributed by atoms with E-state index in [0.717, 1.165) is 6.42 Å². The maximum atomic E-state index is 11.7. The fourth-order valence-corrected chi connectivity index (χ4v) is 1.61.